The van der Waals surface area contributed by atoms with E-state index in [1.807, 2.05) is 0 Å². The van der Waals surface area contributed by atoms with Gasteiger partial charge in [0.2, 0.25) is 0 Å². The van der Waals surface area contributed by atoms with Crippen molar-refractivity contribution in [3.63, 3.8) is 0 Å². The third-order valence-corrected chi connectivity index (χ3v) is 4.60. The van der Waals surface area contributed by atoms with E-state index in [0.717, 1.165) is 17.9 Å². The molecule has 94 valence electrons. The fraction of sp³-hybridized carbons (Fsp3) is 1.00. The number of hydrogen-bond donors (Lipinski definition) is 1. The molecule has 0 bridgehead atoms. The highest BCUT2D eigenvalue weighted by Gasteiger charge is 2.23. The molecule has 0 aromatic carbocycles. The van der Waals surface area contributed by atoms with E-state index in [0.29, 0.717) is 0 Å². The van der Waals surface area contributed by atoms with Crippen LogP contribution in [0.3, 0.4) is 0 Å². The Hall–Kier alpha value is -0.0800. The van der Waals surface area contributed by atoms with Crippen LogP contribution in [-0.2, 0) is 0 Å². The van der Waals surface area contributed by atoms with Crippen molar-refractivity contribution in [2.24, 2.45) is 11.8 Å². The molecule has 2 heteroatoms. The molecule has 2 nitrogen and oxygen atoms in total. The first-order valence-corrected chi connectivity index (χ1v) is 7.16. The SMILES string of the molecule is CC(CC1CCC1)N(C)CC1CCCNC1. The molecule has 2 aliphatic rings. The van der Waals surface area contributed by atoms with Crippen molar-refractivity contribution in [3.05, 3.63) is 0 Å². The first-order chi connectivity index (χ1) is 7.75. The molecule has 2 fully saturated rings. The van der Waals surface area contributed by atoms with Gasteiger partial charge in [0, 0.05) is 12.6 Å². The van der Waals surface area contributed by atoms with Crippen LogP contribution in [0.15, 0.2) is 0 Å². The van der Waals surface area contributed by atoms with Crippen LogP contribution in [0.25, 0.3) is 0 Å². The van der Waals surface area contributed by atoms with Crippen LogP contribution in [0.4, 0.5) is 0 Å². The summed E-state index contributed by atoms with van der Waals surface area (Å²) in [5, 5.41) is 3.52. The molecule has 1 heterocycles. The summed E-state index contributed by atoms with van der Waals surface area (Å²) in [6, 6.07) is 0.784. The van der Waals surface area contributed by atoms with E-state index >= 15 is 0 Å². The molecule has 0 aromatic rings. The summed E-state index contributed by atoms with van der Waals surface area (Å²) in [6.45, 7) is 6.17. The van der Waals surface area contributed by atoms with Gasteiger partial charge < -0.3 is 10.2 Å². The summed E-state index contributed by atoms with van der Waals surface area (Å²) in [5.41, 5.74) is 0. The van der Waals surface area contributed by atoms with E-state index in [2.05, 4.69) is 24.2 Å². The third-order valence-electron chi connectivity index (χ3n) is 4.60. The summed E-state index contributed by atoms with van der Waals surface area (Å²) in [4.78, 5) is 2.59. The van der Waals surface area contributed by atoms with Crippen molar-refractivity contribution in [2.45, 2.75) is 51.5 Å². The second kappa shape index (κ2) is 6.02. The van der Waals surface area contributed by atoms with Crippen LogP contribution < -0.4 is 5.32 Å². The summed E-state index contributed by atoms with van der Waals surface area (Å²) < 4.78 is 0. The summed E-state index contributed by atoms with van der Waals surface area (Å²) >= 11 is 0. The molecule has 1 aliphatic heterocycles. The van der Waals surface area contributed by atoms with Gasteiger partial charge in [0.05, 0.1) is 0 Å². The quantitative estimate of drug-likeness (QED) is 0.772. The Morgan fingerprint density at radius 2 is 1.94 bits per heavy atom. The van der Waals surface area contributed by atoms with E-state index in [9.17, 15) is 0 Å². The first-order valence-electron chi connectivity index (χ1n) is 7.16. The molecule has 0 spiro atoms. The van der Waals surface area contributed by atoms with Crippen molar-refractivity contribution < 1.29 is 0 Å². The van der Waals surface area contributed by atoms with Gasteiger partial charge in [-0.2, -0.15) is 0 Å². The van der Waals surface area contributed by atoms with Gasteiger partial charge >= 0.3 is 0 Å². The zero-order valence-corrected chi connectivity index (χ0v) is 11.0. The Balaban J connectivity index is 1.66. The van der Waals surface area contributed by atoms with Gasteiger partial charge in [-0.05, 0) is 58.2 Å². The minimum absolute atomic E-state index is 0.784. The average molecular weight is 224 g/mol. The van der Waals surface area contributed by atoms with Crippen molar-refractivity contribution in [1.82, 2.24) is 10.2 Å². The highest BCUT2D eigenvalue weighted by Crippen LogP contribution is 2.31. The Kier molecular flexibility index (Phi) is 4.66. The lowest BCUT2D eigenvalue weighted by molar-refractivity contribution is 0.153. The molecule has 16 heavy (non-hydrogen) atoms. The minimum Gasteiger partial charge on any atom is -0.316 e. The van der Waals surface area contributed by atoms with Gasteiger partial charge in [-0.1, -0.05) is 19.3 Å². The van der Waals surface area contributed by atoms with E-state index in [4.69, 9.17) is 0 Å². The lowest BCUT2D eigenvalue weighted by Gasteiger charge is -2.35. The Morgan fingerprint density at radius 1 is 1.19 bits per heavy atom. The summed E-state index contributed by atoms with van der Waals surface area (Å²) in [5.74, 6) is 1.93. The molecule has 1 N–H and O–H groups in total. The highest BCUT2D eigenvalue weighted by atomic mass is 15.1. The topological polar surface area (TPSA) is 15.3 Å². The fourth-order valence-corrected chi connectivity index (χ4v) is 3.06. The van der Waals surface area contributed by atoms with E-state index < -0.39 is 0 Å². The van der Waals surface area contributed by atoms with Crippen LogP contribution in [-0.4, -0.2) is 37.6 Å². The van der Waals surface area contributed by atoms with Crippen molar-refractivity contribution in [1.29, 1.82) is 0 Å². The van der Waals surface area contributed by atoms with Gasteiger partial charge in [0.15, 0.2) is 0 Å². The monoisotopic (exact) mass is 224 g/mol. The molecule has 1 saturated carbocycles. The second-order valence-electron chi connectivity index (χ2n) is 6.03. The van der Waals surface area contributed by atoms with Gasteiger partial charge in [-0.25, -0.2) is 0 Å². The lowest BCUT2D eigenvalue weighted by Crippen LogP contribution is -2.41. The first kappa shape index (κ1) is 12.4. The number of nitrogens with zero attached hydrogens (tertiary/aromatic N) is 1. The Bertz CT molecular complexity index is 195. The predicted molar refractivity (Wildman–Crippen MR) is 69.6 cm³/mol. The van der Waals surface area contributed by atoms with Crippen molar-refractivity contribution in [2.75, 3.05) is 26.7 Å². The minimum atomic E-state index is 0.784. The highest BCUT2D eigenvalue weighted by molar-refractivity contribution is 4.78. The van der Waals surface area contributed by atoms with Crippen molar-refractivity contribution >= 4 is 0 Å². The van der Waals surface area contributed by atoms with Crippen LogP contribution in [0.5, 0.6) is 0 Å². The largest absolute Gasteiger partial charge is 0.316 e. The van der Waals surface area contributed by atoms with E-state index in [1.54, 1.807) is 0 Å². The normalized spacial score (nSPS) is 29.1. The second-order valence-corrected chi connectivity index (χ2v) is 6.03. The Labute approximate surface area is 101 Å². The number of rotatable bonds is 5. The van der Waals surface area contributed by atoms with Crippen LogP contribution in [0.1, 0.15) is 45.4 Å². The van der Waals surface area contributed by atoms with Crippen LogP contribution in [0, 0.1) is 11.8 Å². The molecule has 0 amide bonds. The molecule has 0 radical (unpaired) electrons. The van der Waals surface area contributed by atoms with E-state index in [1.165, 1.54) is 58.2 Å². The standard InChI is InChI=1S/C14H28N2/c1-12(9-13-5-3-6-13)16(2)11-14-7-4-8-15-10-14/h12-15H,3-11H2,1-2H3. The van der Waals surface area contributed by atoms with Gasteiger partial charge in [0.25, 0.3) is 0 Å². The smallest absolute Gasteiger partial charge is 0.00666 e. The third kappa shape index (κ3) is 3.46. The molecule has 2 rings (SSSR count). The zero-order chi connectivity index (χ0) is 11.4. The number of hydrogen-bond acceptors (Lipinski definition) is 2. The maximum absolute atomic E-state index is 3.52. The maximum atomic E-state index is 3.52. The average Bonchev–Trinajstić information content (AvgIpc) is 2.24. The summed E-state index contributed by atoms with van der Waals surface area (Å²) in [7, 11) is 2.32. The van der Waals surface area contributed by atoms with Crippen LogP contribution >= 0.6 is 0 Å². The fourth-order valence-electron chi connectivity index (χ4n) is 3.06. The molecule has 0 aromatic heterocycles. The Morgan fingerprint density at radius 3 is 2.50 bits per heavy atom. The van der Waals surface area contributed by atoms with Gasteiger partial charge in [-0.3, -0.25) is 0 Å². The van der Waals surface area contributed by atoms with Gasteiger partial charge in [-0.15, -0.1) is 0 Å². The molecular weight excluding hydrogens is 196 g/mol. The predicted octanol–water partition coefficient (Wildman–Crippen LogP) is 2.50. The lowest BCUT2D eigenvalue weighted by atomic mass is 9.81. The summed E-state index contributed by atoms with van der Waals surface area (Å²) in [6.07, 6.45) is 8.68. The molecule has 1 aliphatic carbocycles. The van der Waals surface area contributed by atoms with Gasteiger partial charge in [0.1, 0.15) is 0 Å². The number of nitrogens with one attached hydrogen (secondary N) is 1. The molecule has 2 unspecified atom stereocenters. The maximum Gasteiger partial charge on any atom is 0.00666 e. The van der Waals surface area contributed by atoms with E-state index in [-0.39, 0.29) is 0 Å². The number of piperidine rings is 1. The zero-order valence-electron chi connectivity index (χ0n) is 11.0. The molecular formula is C14H28N2. The van der Waals surface area contributed by atoms with Crippen LogP contribution in [0.2, 0.25) is 0 Å². The van der Waals surface area contributed by atoms with Crippen molar-refractivity contribution in [3.8, 4) is 0 Å². The molecule has 2 atom stereocenters. The molecule has 1 saturated heterocycles.